The number of sulfone groups is 1. The second-order valence-electron chi connectivity index (χ2n) is 5.37. The minimum Gasteiger partial charge on any atom is -0.348 e. The van der Waals surface area contributed by atoms with Gasteiger partial charge in [-0.1, -0.05) is 17.8 Å². The molecule has 1 N–H and O–H groups in total. The number of benzene rings is 1. The lowest BCUT2D eigenvalue weighted by atomic mass is 10.2. The van der Waals surface area contributed by atoms with Gasteiger partial charge < -0.3 is 5.32 Å². The third-order valence-electron chi connectivity index (χ3n) is 3.54. The average Bonchev–Trinajstić information content (AvgIpc) is 2.88. The van der Waals surface area contributed by atoms with E-state index < -0.39 is 9.84 Å². The van der Waals surface area contributed by atoms with Gasteiger partial charge >= 0.3 is 0 Å². The summed E-state index contributed by atoms with van der Waals surface area (Å²) < 4.78 is 22.8. The predicted octanol–water partition coefficient (Wildman–Crippen LogP) is 2.15. The van der Waals surface area contributed by atoms with Gasteiger partial charge in [-0.05, 0) is 42.8 Å². The fraction of sp³-hybridized carbons (Fsp3) is 0.250. The van der Waals surface area contributed by atoms with Crippen molar-refractivity contribution in [1.82, 2.24) is 10.3 Å². The van der Waals surface area contributed by atoms with Crippen molar-refractivity contribution in [2.24, 2.45) is 0 Å². The number of carbonyl (C=O) groups excluding carboxylic acids is 1. The van der Waals surface area contributed by atoms with Crippen LogP contribution in [-0.2, 0) is 9.84 Å². The normalized spacial score (nSPS) is 19.4. The van der Waals surface area contributed by atoms with Gasteiger partial charge in [0.25, 0.3) is 5.91 Å². The maximum atomic E-state index is 12.2. The molecule has 0 radical (unpaired) electrons. The van der Waals surface area contributed by atoms with Crippen LogP contribution in [-0.4, -0.2) is 36.9 Å². The number of hydrogen-bond acceptors (Lipinski definition) is 5. The zero-order valence-electron chi connectivity index (χ0n) is 12.3. The molecule has 1 aromatic carbocycles. The summed E-state index contributed by atoms with van der Waals surface area (Å²) in [7, 11) is -2.99. The molecule has 0 unspecified atom stereocenters. The van der Waals surface area contributed by atoms with Crippen LogP contribution in [0.2, 0.25) is 0 Å². The van der Waals surface area contributed by atoms with Crippen molar-refractivity contribution in [3.05, 3.63) is 54.2 Å². The van der Waals surface area contributed by atoms with Gasteiger partial charge in [0.15, 0.2) is 9.84 Å². The average molecular weight is 348 g/mol. The van der Waals surface area contributed by atoms with Gasteiger partial charge in [0.2, 0.25) is 0 Å². The molecule has 1 amide bonds. The quantitative estimate of drug-likeness (QED) is 0.916. The molecule has 7 heteroatoms. The molecule has 1 atom stereocenters. The van der Waals surface area contributed by atoms with Gasteiger partial charge in [-0.25, -0.2) is 13.4 Å². The highest BCUT2D eigenvalue weighted by Gasteiger charge is 2.29. The monoisotopic (exact) mass is 348 g/mol. The maximum Gasteiger partial charge on any atom is 0.251 e. The molecule has 2 aromatic rings. The highest BCUT2D eigenvalue weighted by atomic mass is 32.2. The number of pyridine rings is 1. The van der Waals surface area contributed by atoms with Crippen molar-refractivity contribution < 1.29 is 13.2 Å². The number of nitrogens with zero attached hydrogens (tertiary/aromatic N) is 1. The molecule has 1 fully saturated rings. The van der Waals surface area contributed by atoms with E-state index in [0.717, 1.165) is 9.92 Å². The molecule has 3 rings (SSSR count). The molecule has 120 valence electrons. The van der Waals surface area contributed by atoms with E-state index in [1.807, 2.05) is 30.3 Å². The number of carbonyl (C=O) groups is 1. The summed E-state index contributed by atoms with van der Waals surface area (Å²) in [6, 6.07) is 12.6. The van der Waals surface area contributed by atoms with Gasteiger partial charge in [-0.15, -0.1) is 0 Å². The minimum absolute atomic E-state index is 0.0341. The van der Waals surface area contributed by atoms with Crippen LogP contribution in [0.3, 0.4) is 0 Å². The maximum absolute atomic E-state index is 12.2. The highest BCUT2D eigenvalue weighted by Crippen LogP contribution is 2.25. The lowest BCUT2D eigenvalue weighted by Crippen LogP contribution is -2.35. The van der Waals surface area contributed by atoms with Crippen LogP contribution in [0.15, 0.2) is 58.6 Å². The first-order valence-corrected chi connectivity index (χ1v) is 9.86. The second kappa shape index (κ2) is 6.72. The van der Waals surface area contributed by atoms with Crippen molar-refractivity contribution in [2.45, 2.75) is 22.4 Å². The van der Waals surface area contributed by atoms with Crippen molar-refractivity contribution in [2.75, 3.05) is 11.5 Å². The Morgan fingerprint density at radius 2 is 1.96 bits per heavy atom. The number of amides is 1. The van der Waals surface area contributed by atoms with Crippen LogP contribution in [0.1, 0.15) is 16.8 Å². The third kappa shape index (κ3) is 4.33. The standard InChI is InChI=1S/C16H16N2O3S2/c19-16(18-13-8-10-23(20,21)11-13)12-4-6-14(7-5-12)22-15-3-1-2-9-17-15/h1-7,9,13H,8,10-11H2,(H,18,19)/t13-/m0/s1. The number of aromatic nitrogens is 1. The molecule has 1 saturated heterocycles. The van der Waals surface area contributed by atoms with E-state index in [9.17, 15) is 13.2 Å². The summed E-state index contributed by atoms with van der Waals surface area (Å²) in [6.07, 6.45) is 2.22. The first-order valence-electron chi connectivity index (χ1n) is 7.22. The Hall–Kier alpha value is -1.86. The van der Waals surface area contributed by atoms with Crippen LogP contribution >= 0.6 is 11.8 Å². The number of rotatable bonds is 4. The zero-order chi connectivity index (χ0) is 16.3. The highest BCUT2D eigenvalue weighted by molar-refractivity contribution is 7.99. The number of nitrogens with one attached hydrogen (secondary N) is 1. The largest absolute Gasteiger partial charge is 0.348 e. The van der Waals surface area contributed by atoms with Crippen LogP contribution in [0.5, 0.6) is 0 Å². The number of hydrogen-bond donors (Lipinski definition) is 1. The molecule has 0 aliphatic carbocycles. The SMILES string of the molecule is O=C(N[C@H]1CCS(=O)(=O)C1)c1ccc(Sc2ccccn2)cc1. The summed E-state index contributed by atoms with van der Waals surface area (Å²) in [5, 5.41) is 3.67. The van der Waals surface area contributed by atoms with Gasteiger partial charge in [-0.2, -0.15) is 0 Å². The van der Waals surface area contributed by atoms with Crippen molar-refractivity contribution >= 4 is 27.5 Å². The Morgan fingerprint density at radius 1 is 1.17 bits per heavy atom. The van der Waals surface area contributed by atoms with E-state index >= 15 is 0 Å². The molecule has 5 nitrogen and oxygen atoms in total. The lowest BCUT2D eigenvalue weighted by molar-refractivity contribution is 0.0941. The van der Waals surface area contributed by atoms with Gasteiger partial charge in [0, 0.05) is 22.7 Å². The zero-order valence-corrected chi connectivity index (χ0v) is 13.9. The summed E-state index contributed by atoms with van der Waals surface area (Å²) in [5.41, 5.74) is 0.527. The minimum atomic E-state index is -2.99. The molecule has 1 aliphatic rings. The van der Waals surface area contributed by atoms with Gasteiger partial charge in [0.1, 0.15) is 5.03 Å². The Kier molecular flexibility index (Phi) is 4.68. The van der Waals surface area contributed by atoms with Gasteiger partial charge in [-0.3, -0.25) is 4.79 Å². The Labute approximate surface area is 139 Å². The molecule has 23 heavy (non-hydrogen) atoms. The van der Waals surface area contributed by atoms with Crippen molar-refractivity contribution in [3.63, 3.8) is 0 Å². The summed E-state index contributed by atoms with van der Waals surface area (Å²) >= 11 is 1.52. The van der Waals surface area contributed by atoms with E-state index in [0.29, 0.717) is 12.0 Å². The van der Waals surface area contributed by atoms with Crippen LogP contribution in [0.4, 0.5) is 0 Å². The Bertz CT molecular complexity index is 790. The van der Waals surface area contributed by atoms with E-state index in [2.05, 4.69) is 10.3 Å². The first kappa shape index (κ1) is 16.0. The van der Waals surface area contributed by atoms with E-state index in [4.69, 9.17) is 0 Å². The molecule has 1 aliphatic heterocycles. The summed E-state index contributed by atoms with van der Waals surface area (Å²) in [4.78, 5) is 17.4. The third-order valence-corrected chi connectivity index (χ3v) is 6.27. The Balaban J connectivity index is 1.62. The second-order valence-corrected chi connectivity index (χ2v) is 8.69. The fourth-order valence-electron chi connectivity index (χ4n) is 2.38. The Morgan fingerprint density at radius 3 is 2.57 bits per heavy atom. The molecule has 0 bridgehead atoms. The molecule has 0 spiro atoms. The van der Waals surface area contributed by atoms with Crippen LogP contribution in [0.25, 0.3) is 0 Å². The fourth-order valence-corrected chi connectivity index (χ4v) is 4.83. The van der Waals surface area contributed by atoms with Crippen LogP contribution < -0.4 is 5.32 Å². The first-order chi connectivity index (χ1) is 11.0. The van der Waals surface area contributed by atoms with Crippen molar-refractivity contribution in [1.29, 1.82) is 0 Å². The van der Waals surface area contributed by atoms with Crippen LogP contribution in [0, 0.1) is 0 Å². The topological polar surface area (TPSA) is 76.1 Å². The summed E-state index contributed by atoms with van der Waals surface area (Å²) in [5.74, 6) is -0.0503. The van der Waals surface area contributed by atoms with Crippen molar-refractivity contribution in [3.8, 4) is 0 Å². The molecular weight excluding hydrogens is 332 g/mol. The predicted molar refractivity (Wildman–Crippen MR) is 89.3 cm³/mol. The smallest absolute Gasteiger partial charge is 0.251 e. The lowest BCUT2D eigenvalue weighted by Gasteiger charge is -2.11. The molecular formula is C16H16N2O3S2. The van der Waals surface area contributed by atoms with E-state index in [1.165, 1.54) is 11.8 Å². The van der Waals surface area contributed by atoms with E-state index in [-0.39, 0.29) is 23.5 Å². The molecule has 2 heterocycles. The molecule has 1 aromatic heterocycles. The van der Waals surface area contributed by atoms with E-state index in [1.54, 1.807) is 18.3 Å². The summed E-state index contributed by atoms with van der Waals surface area (Å²) in [6.45, 7) is 0. The van der Waals surface area contributed by atoms with Gasteiger partial charge in [0.05, 0.1) is 11.5 Å². The molecule has 0 saturated carbocycles.